The van der Waals surface area contributed by atoms with Crippen LogP contribution in [0.15, 0.2) is 206 Å². The molecule has 2 aliphatic rings. The number of hydrogen-bond donors (Lipinski definition) is 0. The second kappa shape index (κ2) is 16.9. The summed E-state index contributed by atoms with van der Waals surface area (Å²) in [6.07, 6.45) is 0. The number of nitrogens with zero attached hydrogens (tertiary/aromatic N) is 2. The molecule has 0 bridgehead atoms. The Labute approximate surface area is 413 Å². The third-order valence-electron chi connectivity index (χ3n) is 14.5. The van der Waals surface area contributed by atoms with Gasteiger partial charge in [-0.2, -0.15) is 0 Å². The summed E-state index contributed by atoms with van der Waals surface area (Å²) in [6, 6.07) is 78.3. The largest absolute Gasteiger partial charge is 0.310 e. The smallest absolute Gasteiger partial charge is 0.252 e. The molecule has 0 N–H and O–H groups in total. The van der Waals surface area contributed by atoms with Gasteiger partial charge in [0.1, 0.15) is 0 Å². The van der Waals surface area contributed by atoms with Crippen LogP contribution in [0, 0.1) is 0 Å². The van der Waals surface area contributed by atoms with E-state index in [4.69, 9.17) is 0 Å². The molecule has 0 atom stereocenters. The first-order chi connectivity index (χ1) is 33.2. The third-order valence-corrected chi connectivity index (χ3v) is 18.6. The minimum atomic E-state index is -1.79. The first kappa shape index (κ1) is 44.6. The SMILES string of the molecule is CC(C)(C)c1cc2c3c(c1)N(c1c(-c4ccccc4)cccc1-c1ccccc1)c1ccc([Si](C)(C)C)cc1B3c1cc([Si](C)(C)C)ccc1N2c1c(-c2ccccc2)cccc1-c1ccccc1. The summed E-state index contributed by atoms with van der Waals surface area (Å²) in [7, 11) is -3.59. The van der Waals surface area contributed by atoms with Gasteiger partial charge in [0.2, 0.25) is 0 Å². The van der Waals surface area contributed by atoms with E-state index in [0.717, 1.165) is 0 Å². The zero-order valence-electron chi connectivity index (χ0n) is 41.6. The van der Waals surface area contributed by atoms with Crippen LogP contribution in [0.2, 0.25) is 39.3 Å². The molecule has 0 radical (unpaired) electrons. The van der Waals surface area contributed by atoms with E-state index < -0.39 is 16.1 Å². The predicted octanol–water partition coefficient (Wildman–Crippen LogP) is 14.8. The molecule has 2 aliphatic heterocycles. The molecule has 5 heteroatoms. The van der Waals surface area contributed by atoms with Crippen molar-refractivity contribution in [1.29, 1.82) is 0 Å². The maximum absolute atomic E-state index is 2.69. The fourth-order valence-corrected chi connectivity index (χ4v) is 13.2. The molecular weight excluding hydrogens is 864 g/mol. The lowest BCUT2D eigenvalue weighted by atomic mass is 9.33. The van der Waals surface area contributed by atoms with Crippen molar-refractivity contribution in [3.8, 4) is 44.5 Å². The zero-order chi connectivity index (χ0) is 47.8. The van der Waals surface area contributed by atoms with E-state index in [1.54, 1.807) is 0 Å². The minimum Gasteiger partial charge on any atom is -0.310 e. The van der Waals surface area contributed by atoms with Crippen LogP contribution in [0.25, 0.3) is 44.5 Å². The second-order valence-electron chi connectivity index (χ2n) is 22.2. The van der Waals surface area contributed by atoms with E-state index in [2.05, 4.69) is 276 Å². The topological polar surface area (TPSA) is 6.48 Å². The number of benzene rings is 9. The van der Waals surface area contributed by atoms with E-state index in [1.165, 1.54) is 111 Å². The molecule has 0 aliphatic carbocycles. The van der Waals surface area contributed by atoms with Crippen LogP contribution >= 0.6 is 0 Å². The molecule has 9 aromatic carbocycles. The van der Waals surface area contributed by atoms with Gasteiger partial charge in [-0.05, 0) is 73.9 Å². The number of hydrogen-bond acceptors (Lipinski definition) is 2. The van der Waals surface area contributed by atoms with Crippen molar-refractivity contribution in [2.75, 3.05) is 9.80 Å². The maximum Gasteiger partial charge on any atom is 0.252 e. The van der Waals surface area contributed by atoms with Crippen LogP contribution in [0.5, 0.6) is 0 Å². The van der Waals surface area contributed by atoms with Crippen LogP contribution in [-0.4, -0.2) is 22.9 Å². The highest BCUT2D eigenvalue weighted by atomic mass is 28.3. The second-order valence-corrected chi connectivity index (χ2v) is 32.4. The van der Waals surface area contributed by atoms with Crippen molar-refractivity contribution in [3.05, 3.63) is 212 Å². The minimum absolute atomic E-state index is 0.0118. The summed E-state index contributed by atoms with van der Waals surface area (Å²) in [5, 5.41) is 2.95. The van der Waals surface area contributed by atoms with Gasteiger partial charge >= 0.3 is 0 Å². The van der Waals surface area contributed by atoms with Gasteiger partial charge in [0, 0.05) is 45.0 Å². The van der Waals surface area contributed by atoms with Gasteiger partial charge in [-0.1, -0.05) is 252 Å². The van der Waals surface area contributed by atoms with Crippen molar-refractivity contribution >= 4 is 83.7 Å². The summed E-state index contributed by atoms with van der Waals surface area (Å²) in [4.78, 5) is 5.37. The highest BCUT2D eigenvalue weighted by Crippen LogP contribution is 2.53. The number of fused-ring (bicyclic) bond motifs is 4. The van der Waals surface area contributed by atoms with Crippen LogP contribution in [0.1, 0.15) is 26.3 Å². The molecule has 0 unspecified atom stereocenters. The molecule has 338 valence electrons. The van der Waals surface area contributed by atoms with Crippen molar-refractivity contribution in [2.45, 2.75) is 65.5 Å². The maximum atomic E-state index is 2.69. The molecule has 0 saturated heterocycles. The molecule has 2 heterocycles. The Balaban J connectivity index is 1.34. The van der Waals surface area contributed by atoms with Gasteiger partial charge in [-0.15, -0.1) is 0 Å². The van der Waals surface area contributed by atoms with Crippen molar-refractivity contribution in [3.63, 3.8) is 0 Å². The van der Waals surface area contributed by atoms with E-state index in [1.807, 2.05) is 0 Å². The van der Waals surface area contributed by atoms with E-state index in [-0.39, 0.29) is 12.1 Å². The van der Waals surface area contributed by atoms with Gasteiger partial charge in [0.05, 0.1) is 27.5 Å². The Morgan fingerprint density at radius 3 is 0.957 bits per heavy atom. The van der Waals surface area contributed by atoms with Gasteiger partial charge in [-0.3, -0.25) is 0 Å². The molecule has 9 aromatic rings. The molecule has 0 saturated carbocycles. The molecule has 11 rings (SSSR count). The standard InChI is InChI=1S/C64H61BN2Si2/c1-64(2,3)48-40-59-61-60(41-48)67(63-53(46-28-18-12-19-29-46)34-23-35-54(63)47-30-20-13-21-31-47)58-39-37-50(69(7,8)9)43-56(58)65(61)55-42-49(68(4,5)6)36-38-57(55)66(59)62-51(44-24-14-10-15-25-44)32-22-33-52(62)45-26-16-11-17-27-45/h10-43H,1-9H3. The molecule has 0 amide bonds. The number of para-hydroxylation sites is 2. The Bertz CT molecular complexity index is 3050. The fourth-order valence-electron chi connectivity index (χ4n) is 10.8. The summed E-state index contributed by atoms with van der Waals surface area (Å²) >= 11 is 0. The first-order valence-electron chi connectivity index (χ1n) is 24.7. The van der Waals surface area contributed by atoms with Crippen molar-refractivity contribution in [2.24, 2.45) is 0 Å². The van der Waals surface area contributed by atoms with Gasteiger partial charge in [-0.25, -0.2) is 0 Å². The quantitative estimate of drug-likeness (QED) is 0.140. The fraction of sp³-hybridized carbons (Fsp3) is 0.156. The monoisotopic (exact) mass is 924 g/mol. The Kier molecular flexibility index (Phi) is 10.9. The van der Waals surface area contributed by atoms with Crippen LogP contribution < -0.4 is 36.6 Å². The first-order valence-corrected chi connectivity index (χ1v) is 31.7. The lowest BCUT2D eigenvalue weighted by Gasteiger charge is -2.47. The molecular formula is C64H61BN2Si2. The Hall–Kier alpha value is -6.92. The van der Waals surface area contributed by atoms with E-state index in [0.29, 0.717) is 0 Å². The van der Waals surface area contributed by atoms with Crippen molar-refractivity contribution in [1.82, 2.24) is 0 Å². The lowest BCUT2D eigenvalue weighted by molar-refractivity contribution is 0.590. The molecule has 69 heavy (non-hydrogen) atoms. The van der Waals surface area contributed by atoms with Crippen LogP contribution in [0.3, 0.4) is 0 Å². The highest BCUT2D eigenvalue weighted by Gasteiger charge is 2.46. The predicted molar refractivity (Wildman–Crippen MR) is 307 cm³/mol. The zero-order valence-corrected chi connectivity index (χ0v) is 43.6. The summed E-state index contributed by atoms with van der Waals surface area (Å²) in [5.41, 5.74) is 22.2. The van der Waals surface area contributed by atoms with Gasteiger partial charge in [0.15, 0.2) is 0 Å². The average Bonchev–Trinajstić information content (AvgIpc) is 3.35. The van der Waals surface area contributed by atoms with Crippen LogP contribution in [0.4, 0.5) is 34.1 Å². The Morgan fingerprint density at radius 2 is 0.667 bits per heavy atom. The number of anilines is 6. The molecule has 2 nitrogen and oxygen atoms in total. The lowest BCUT2D eigenvalue weighted by Crippen LogP contribution is -2.63. The number of rotatable bonds is 8. The highest BCUT2D eigenvalue weighted by molar-refractivity contribution is 7.01. The summed E-state index contributed by atoms with van der Waals surface area (Å²) in [5.74, 6) is 0. The van der Waals surface area contributed by atoms with E-state index >= 15 is 0 Å². The van der Waals surface area contributed by atoms with Crippen molar-refractivity contribution < 1.29 is 0 Å². The van der Waals surface area contributed by atoms with E-state index in [9.17, 15) is 0 Å². The molecule has 0 aromatic heterocycles. The third kappa shape index (κ3) is 7.82. The van der Waals surface area contributed by atoms with Gasteiger partial charge in [0.25, 0.3) is 6.71 Å². The average molecular weight is 925 g/mol. The Morgan fingerprint density at radius 1 is 0.348 bits per heavy atom. The van der Waals surface area contributed by atoms with Crippen LogP contribution in [-0.2, 0) is 5.41 Å². The normalized spacial score (nSPS) is 13.2. The molecule has 0 spiro atoms. The summed E-state index contributed by atoms with van der Waals surface area (Å²) < 4.78 is 0. The van der Waals surface area contributed by atoms with Gasteiger partial charge < -0.3 is 9.80 Å². The summed E-state index contributed by atoms with van der Waals surface area (Å²) in [6.45, 7) is 22.1. The molecule has 0 fully saturated rings.